The molecule has 0 spiro atoms. The second-order valence-corrected chi connectivity index (χ2v) is 10.3. The quantitative estimate of drug-likeness (QED) is 0.598. The van der Waals surface area contributed by atoms with Gasteiger partial charge in [0, 0.05) is 50.2 Å². The first-order valence-electron chi connectivity index (χ1n) is 12.2. The van der Waals surface area contributed by atoms with E-state index >= 15 is 0 Å². The topological polar surface area (TPSA) is 84.9 Å². The van der Waals surface area contributed by atoms with Crippen molar-refractivity contribution in [3.05, 3.63) is 0 Å². The molecule has 8 atom stereocenters. The van der Waals surface area contributed by atoms with Crippen molar-refractivity contribution in [2.75, 3.05) is 26.7 Å². The highest BCUT2D eigenvalue weighted by Crippen LogP contribution is 2.38. The molecule has 3 N–H and O–H groups in total. The minimum Gasteiger partial charge on any atom is -0.387 e. The van der Waals surface area contributed by atoms with Crippen LogP contribution < -0.4 is 10.6 Å². The van der Waals surface area contributed by atoms with E-state index in [0.29, 0.717) is 24.8 Å². The third-order valence-corrected chi connectivity index (χ3v) is 8.44. The van der Waals surface area contributed by atoms with Crippen LogP contribution >= 0.6 is 0 Å². The van der Waals surface area contributed by atoms with Crippen molar-refractivity contribution in [3.63, 3.8) is 0 Å². The number of aliphatic hydroxyl groups excluding tert-OH is 1. The van der Waals surface area contributed by atoms with Gasteiger partial charge in [-0.25, -0.2) is 4.39 Å². The van der Waals surface area contributed by atoms with Crippen LogP contribution in [-0.4, -0.2) is 89.8 Å². The molecule has 4 rings (SSSR count). The smallest absolute Gasteiger partial charge is 0.248 e. The molecule has 7 nitrogen and oxygen atoms in total. The Morgan fingerprint density at radius 1 is 1.19 bits per heavy atom. The number of halogens is 1. The number of alkyl halides is 1. The van der Waals surface area contributed by atoms with Crippen LogP contribution in [0.4, 0.5) is 4.39 Å². The molecule has 2 saturated carbocycles. The van der Waals surface area contributed by atoms with Crippen molar-refractivity contribution in [1.29, 1.82) is 0 Å². The monoisotopic (exact) mass is 438 g/mol. The summed E-state index contributed by atoms with van der Waals surface area (Å²) in [7, 11) is 1.77. The lowest BCUT2D eigenvalue weighted by Crippen LogP contribution is -2.51. The van der Waals surface area contributed by atoms with Crippen LogP contribution in [-0.2, 0) is 9.59 Å². The summed E-state index contributed by atoms with van der Waals surface area (Å²) in [6.07, 6.45) is 6.37. The fraction of sp³-hybridized carbons (Fsp3) is 0.913. The lowest BCUT2D eigenvalue weighted by molar-refractivity contribution is -0.134. The summed E-state index contributed by atoms with van der Waals surface area (Å²) in [5, 5.41) is 15.8. The van der Waals surface area contributed by atoms with Gasteiger partial charge in [0.05, 0.1) is 6.04 Å². The van der Waals surface area contributed by atoms with E-state index in [0.717, 1.165) is 51.6 Å². The molecule has 0 radical (unpaired) electrons. The van der Waals surface area contributed by atoms with Crippen LogP contribution in [0, 0.1) is 11.8 Å². The third-order valence-electron chi connectivity index (χ3n) is 8.44. The highest BCUT2D eigenvalue weighted by molar-refractivity contribution is 5.82. The number of likely N-dealkylation sites (tertiary alicyclic amines) is 1. The van der Waals surface area contributed by atoms with E-state index in [-0.39, 0.29) is 41.9 Å². The van der Waals surface area contributed by atoms with Crippen LogP contribution in [0.5, 0.6) is 0 Å². The van der Waals surface area contributed by atoms with Crippen LogP contribution in [0.25, 0.3) is 0 Å². The number of nitrogens with one attached hydrogen (secondary N) is 2. The maximum Gasteiger partial charge on any atom is 0.248 e. The zero-order valence-electron chi connectivity index (χ0n) is 18.9. The Balaban J connectivity index is 1.28. The van der Waals surface area contributed by atoms with E-state index in [1.807, 2.05) is 0 Å². The lowest BCUT2D eigenvalue weighted by Gasteiger charge is -2.36. The predicted octanol–water partition coefficient (Wildman–Crippen LogP) is 1.05. The van der Waals surface area contributed by atoms with Crippen molar-refractivity contribution < 1.29 is 19.1 Å². The molecule has 0 aromatic carbocycles. The summed E-state index contributed by atoms with van der Waals surface area (Å²) < 4.78 is 14.4. The normalized spacial score (nSPS) is 41.0. The molecule has 2 aliphatic heterocycles. The van der Waals surface area contributed by atoms with Crippen molar-refractivity contribution in [1.82, 2.24) is 20.4 Å². The zero-order valence-corrected chi connectivity index (χ0v) is 18.9. The number of hydrogen-bond donors (Lipinski definition) is 3. The second kappa shape index (κ2) is 9.71. The Morgan fingerprint density at radius 3 is 2.74 bits per heavy atom. The summed E-state index contributed by atoms with van der Waals surface area (Å²) in [4.78, 5) is 28.9. The Hall–Kier alpha value is -1.25. The number of fused-ring (bicyclic) bond motifs is 1. The summed E-state index contributed by atoms with van der Waals surface area (Å²) >= 11 is 0. The second-order valence-electron chi connectivity index (χ2n) is 10.3. The molecule has 2 heterocycles. The van der Waals surface area contributed by atoms with E-state index in [9.17, 15) is 14.0 Å². The van der Waals surface area contributed by atoms with E-state index in [2.05, 4.69) is 22.5 Å². The van der Waals surface area contributed by atoms with Crippen molar-refractivity contribution in [2.45, 2.75) is 94.7 Å². The number of likely N-dealkylation sites (N-methyl/N-ethyl adjacent to an activating group) is 1. The van der Waals surface area contributed by atoms with Crippen LogP contribution in [0.1, 0.15) is 58.3 Å². The van der Waals surface area contributed by atoms with Crippen molar-refractivity contribution in [3.8, 4) is 0 Å². The van der Waals surface area contributed by atoms with Gasteiger partial charge in [0.15, 0.2) is 0 Å². The maximum absolute atomic E-state index is 14.4. The number of rotatable bonds is 5. The molecule has 4 fully saturated rings. The van der Waals surface area contributed by atoms with Gasteiger partial charge in [-0.1, -0.05) is 6.92 Å². The molecule has 4 aliphatic rings. The molecule has 2 amide bonds. The van der Waals surface area contributed by atoms with Gasteiger partial charge in [-0.2, -0.15) is 0 Å². The largest absolute Gasteiger partial charge is 0.387 e. The van der Waals surface area contributed by atoms with Crippen LogP contribution in [0.15, 0.2) is 0 Å². The average Bonchev–Trinajstić information content (AvgIpc) is 3.44. The molecule has 8 heteroatoms. The van der Waals surface area contributed by atoms with Crippen molar-refractivity contribution >= 4 is 11.8 Å². The Kier molecular flexibility index (Phi) is 7.18. The Labute approximate surface area is 185 Å². The number of nitrogens with zero attached hydrogens (tertiary/aromatic N) is 2. The minimum absolute atomic E-state index is 0.0289. The summed E-state index contributed by atoms with van der Waals surface area (Å²) in [5.74, 6) is 0.203. The zero-order chi connectivity index (χ0) is 22.1. The summed E-state index contributed by atoms with van der Waals surface area (Å²) in [6, 6.07) is 0.569. The van der Waals surface area contributed by atoms with Gasteiger partial charge in [0.2, 0.25) is 11.8 Å². The van der Waals surface area contributed by atoms with Gasteiger partial charge in [0.1, 0.15) is 12.8 Å². The van der Waals surface area contributed by atoms with Gasteiger partial charge in [0.25, 0.3) is 0 Å². The van der Waals surface area contributed by atoms with E-state index in [4.69, 9.17) is 5.11 Å². The van der Waals surface area contributed by atoms with E-state index < -0.39 is 12.8 Å². The molecule has 0 bridgehead atoms. The number of amides is 2. The first-order valence-corrected chi connectivity index (χ1v) is 12.2. The number of aliphatic hydroxyl groups is 1. The molecule has 2 aliphatic carbocycles. The first kappa shape index (κ1) is 22.9. The standard InChI is InChI=1S/C23H39FN4O3/c1-14-6-7-19(24)18-11-20(26-22(14)18)23(31)25-15-4-3-5-16(10-15)28-9-8-17(12-28)27(2)21(30)13-29/h14-20,22,26,29H,3-13H2,1-2H3,(H,25,31)/t14?,15-,16+,17?,18?,19?,20?,22?/m1/s1. The molecule has 176 valence electrons. The number of carbonyl (C=O) groups excluding carboxylic acids is 2. The van der Waals surface area contributed by atoms with E-state index in [1.54, 1.807) is 11.9 Å². The third kappa shape index (κ3) is 4.91. The van der Waals surface area contributed by atoms with E-state index in [1.165, 1.54) is 0 Å². The van der Waals surface area contributed by atoms with Gasteiger partial charge < -0.3 is 20.6 Å². The highest BCUT2D eigenvalue weighted by atomic mass is 19.1. The summed E-state index contributed by atoms with van der Waals surface area (Å²) in [5.41, 5.74) is 0. The predicted molar refractivity (Wildman–Crippen MR) is 116 cm³/mol. The maximum atomic E-state index is 14.4. The number of hydrogen-bond acceptors (Lipinski definition) is 5. The fourth-order valence-electron chi connectivity index (χ4n) is 6.46. The van der Waals surface area contributed by atoms with Crippen LogP contribution in [0.3, 0.4) is 0 Å². The molecule has 31 heavy (non-hydrogen) atoms. The first-order chi connectivity index (χ1) is 14.9. The summed E-state index contributed by atoms with van der Waals surface area (Å²) in [6.45, 7) is 3.50. The van der Waals surface area contributed by atoms with Gasteiger partial charge in [-0.3, -0.25) is 14.5 Å². The minimum atomic E-state index is -0.787. The SMILES string of the molecule is CC1CCC(F)C2CC(C(=O)N[C@@H]3CCC[C@H](N4CCC(N(C)C(=O)CO)C4)C3)NC12. The average molecular weight is 439 g/mol. The Bertz CT molecular complexity index is 647. The van der Waals surface area contributed by atoms with Gasteiger partial charge in [-0.05, 0) is 57.3 Å². The molecule has 0 aromatic heterocycles. The molecular formula is C23H39FN4O3. The van der Waals surface area contributed by atoms with Crippen molar-refractivity contribution in [2.24, 2.45) is 11.8 Å². The van der Waals surface area contributed by atoms with Gasteiger partial charge in [-0.15, -0.1) is 0 Å². The molecule has 2 saturated heterocycles. The molecule has 0 aromatic rings. The Morgan fingerprint density at radius 2 is 2.00 bits per heavy atom. The molecular weight excluding hydrogens is 399 g/mol. The number of carbonyl (C=O) groups is 2. The van der Waals surface area contributed by atoms with Crippen LogP contribution in [0.2, 0.25) is 0 Å². The fourth-order valence-corrected chi connectivity index (χ4v) is 6.46. The highest BCUT2D eigenvalue weighted by Gasteiger charge is 2.46. The van der Waals surface area contributed by atoms with Gasteiger partial charge >= 0.3 is 0 Å². The lowest BCUT2D eigenvalue weighted by atomic mass is 9.77. The molecule has 6 unspecified atom stereocenters.